The minimum atomic E-state index is -1.11. The van der Waals surface area contributed by atoms with Crippen molar-refractivity contribution in [1.82, 2.24) is 4.98 Å². The van der Waals surface area contributed by atoms with Crippen LogP contribution in [0.1, 0.15) is 22.3 Å². The molecule has 0 saturated carbocycles. The van der Waals surface area contributed by atoms with E-state index in [4.69, 9.17) is 16.7 Å². The van der Waals surface area contributed by atoms with Gasteiger partial charge in [0.1, 0.15) is 5.82 Å². The van der Waals surface area contributed by atoms with Gasteiger partial charge in [-0.25, -0.2) is 9.78 Å². The number of nitrogens with zero attached hydrogens (tertiary/aromatic N) is 2. The standard InChI is InChI=1S/C14H15ClN2O2S/c1-9(8-10-4-3-7-20-10)17(2)12-6-5-11(15)13(16-12)14(18)19/h3-7,9H,8H2,1-2H3,(H,18,19). The molecule has 2 heterocycles. The van der Waals surface area contributed by atoms with Gasteiger partial charge in [-0.3, -0.25) is 0 Å². The molecule has 2 rings (SSSR count). The number of carboxylic acid groups (broad SMARTS) is 1. The molecule has 0 spiro atoms. The molecule has 1 N–H and O–H groups in total. The number of pyridine rings is 1. The second-order valence-electron chi connectivity index (χ2n) is 4.55. The van der Waals surface area contributed by atoms with Crippen molar-refractivity contribution >= 4 is 34.7 Å². The van der Waals surface area contributed by atoms with E-state index in [1.54, 1.807) is 23.5 Å². The van der Waals surface area contributed by atoms with E-state index in [0.717, 1.165) is 6.42 Å². The largest absolute Gasteiger partial charge is 0.476 e. The lowest BCUT2D eigenvalue weighted by Crippen LogP contribution is -2.31. The molecule has 0 aromatic carbocycles. The van der Waals surface area contributed by atoms with Crippen molar-refractivity contribution in [3.05, 3.63) is 45.2 Å². The highest BCUT2D eigenvalue weighted by Gasteiger charge is 2.16. The predicted molar refractivity (Wildman–Crippen MR) is 82.1 cm³/mol. The van der Waals surface area contributed by atoms with Gasteiger partial charge < -0.3 is 10.0 Å². The predicted octanol–water partition coefficient (Wildman–Crippen LogP) is 3.56. The van der Waals surface area contributed by atoms with Crippen LogP contribution in [0, 0.1) is 0 Å². The Bertz CT molecular complexity index is 601. The second kappa shape index (κ2) is 6.24. The van der Waals surface area contributed by atoms with E-state index in [-0.39, 0.29) is 16.8 Å². The number of hydrogen-bond donors (Lipinski definition) is 1. The van der Waals surface area contributed by atoms with Crippen molar-refractivity contribution in [2.24, 2.45) is 0 Å². The number of aromatic carboxylic acids is 1. The van der Waals surface area contributed by atoms with Crippen molar-refractivity contribution in [1.29, 1.82) is 0 Å². The van der Waals surface area contributed by atoms with Gasteiger partial charge in [0.05, 0.1) is 5.02 Å². The van der Waals surface area contributed by atoms with Gasteiger partial charge in [0.15, 0.2) is 5.69 Å². The molecule has 106 valence electrons. The smallest absolute Gasteiger partial charge is 0.356 e. The highest BCUT2D eigenvalue weighted by Crippen LogP contribution is 2.22. The number of thiophene rings is 1. The molecule has 0 aliphatic heterocycles. The number of halogens is 1. The topological polar surface area (TPSA) is 53.4 Å². The third-order valence-corrected chi connectivity index (χ3v) is 4.34. The Morgan fingerprint density at radius 3 is 2.85 bits per heavy atom. The van der Waals surface area contributed by atoms with Gasteiger partial charge in [0.2, 0.25) is 0 Å². The summed E-state index contributed by atoms with van der Waals surface area (Å²) in [6, 6.07) is 7.63. The van der Waals surface area contributed by atoms with Gasteiger partial charge in [-0.1, -0.05) is 17.7 Å². The van der Waals surface area contributed by atoms with E-state index in [1.165, 1.54) is 4.88 Å². The summed E-state index contributed by atoms with van der Waals surface area (Å²) in [5.41, 5.74) is -0.112. The minimum Gasteiger partial charge on any atom is -0.476 e. The second-order valence-corrected chi connectivity index (χ2v) is 5.99. The molecule has 0 aliphatic carbocycles. The lowest BCUT2D eigenvalue weighted by molar-refractivity contribution is 0.0691. The van der Waals surface area contributed by atoms with Crippen LogP contribution < -0.4 is 4.90 Å². The van der Waals surface area contributed by atoms with Crippen LogP contribution in [0.15, 0.2) is 29.6 Å². The van der Waals surface area contributed by atoms with E-state index in [1.807, 2.05) is 23.4 Å². The number of anilines is 1. The normalized spacial score (nSPS) is 12.2. The summed E-state index contributed by atoms with van der Waals surface area (Å²) >= 11 is 7.54. The first kappa shape index (κ1) is 14.8. The van der Waals surface area contributed by atoms with E-state index in [9.17, 15) is 4.79 Å². The number of carbonyl (C=O) groups is 1. The number of carboxylic acids is 1. The maximum Gasteiger partial charge on any atom is 0.356 e. The molecule has 1 atom stereocenters. The van der Waals surface area contributed by atoms with E-state index in [2.05, 4.69) is 18.0 Å². The molecule has 1 unspecified atom stereocenters. The van der Waals surface area contributed by atoms with Crippen LogP contribution >= 0.6 is 22.9 Å². The molecule has 0 amide bonds. The van der Waals surface area contributed by atoms with E-state index in [0.29, 0.717) is 5.82 Å². The molecule has 2 aromatic heterocycles. The van der Waals surface area contributed by atoms with Crippen LogP contribution in [-0.4, -0.2) is 29.1 Å². The van der Waals surface area contributed by atoms with Crippen molar-refractivity contribution in [3.8, 4) is 0 Å². The molecule has 0 saturated heterocycles. The van der Waals surface area contributed by atoms with E-state index >= 15 is 0 Å². The van der Waals surface area contributed by atoms with Crippen LogP contribution in [0.4, 0.5) is 5.82 Å². The van der Waals surface area contributed by atoms with Crippen LogP contribution in [0.3, 0.4) is 0 Å². The maximum atomic E-state index is 11.1. The monoisotopic (exact) mass is 310 g/mol. The summed E-state index contributed by atoms with van der Waals surface area (Å²) in [7, 11) is 1.90. The zero-order chi connectivity index (χ0) is 14.7. The summed E-state index contributed by atoms with van der Waals surface area (Å²) in [4.78, 5) is 18.4. The molecule has 0 fully saturated rings. The molecular formula is C14H15ClN2O2S. The Labute approximate surface area is 126 Å². The highest BCUT2D eigenvalue weighted by atomic mass is 35.5. The van der Waals surface area contributed by atoms with Crippen molar-refractivity contribution < 1.29 is 9.90 Å². The van der Waals surface area contributed by atoms with Gasteiger partial charge in [0.25, 0.3) is 0 Å². The van der Waals surface area contributed by atoms with Crippen LogP contribution in [-0.2, 0) is 6.42 Å². The first-order valence-electron chi connectivity index (χ1n) is 6.14. The van der Waals surface area contributed by atoms with Gasteiger partial charge in [0, 0.05) is 24.4 Å². The lowest BCUT2D eigenvalue weighted by Gasteiger charge is -2.26. The Kier molecular flexibility index (Phi) is 4.62. The lowest BCUT2D eigenvalue weighted by atomic mass is 10.2. The average molecular weight is 311 g/mol. The summed E-state index contributed by atoms with van der Waals surface area (Å²) in [6.07, 6.45) is 0.890. The Morgan fingerprint density at radius 2 is 2.25 bits per heavy atom. The molecule has 4 nitrogen and oxygen atoms in total. The molecule has 6 heteroatoms. The number of hydrogen-bond acceptors (Lipinski definition) is 4. The minimum absolute atomic E-state index is 0.112. The third-order valence-electron chi connectivity index (χ3n) is 3.13. The average Bonchev–Trinajstić information content (AvgIpc) is 2.91. The Morgan fingerprint density at radius 1 is 1.50 bits per heavy atom. The number of likely N-dealkylation sites (N-methyl/N-ethyl adjacent to an activating group) is 1. The van der Waals surface area contributed by atoms with Crippen LogP contribution in [0.2, 0.25) is 5.02 Å². The van der Waals surface area contributed by atoms with Crippen molar-refractivity contribution in [2.75, 3.05) is 11.9 Å². The molecule has 20 heavy (non-hydrogen) atoms. The van der Waals surface area contributed by atoms with Gasteiger partial charge in [-0.05, 0) is 30.5 Å². The van der Waals surface area contributed by atoms with Crippen molar-refractivity contribution in [3.63, 3.8) is 0 Å². The number of aromatic nitrogens is 1. The summed E-state index contributed by atoms with van der Waals surface area (Å²) in [5.74, 6) is -0.507. The quantitative estimate of drug-likeness (QED) is 0.917. The Hall–Kier alpha value is -1.59. The van der Waals surface area contributed by atoms with Gasteiger partial charge in [-0.15, -0.1) is 11.3 Å². The molecule has 0 bridgehead atoms. The fourth-order valence-electron chi connectivity index (χ4n) is 1.86. The van der Waals surface area contributed by atoms with Crippen LogP contribution in [0.25, 0.3) is 0 Å². The van der Waals surface area contributed by atoms with E-state index < -0.39 is 5.97 Å². The first-order valence-corrected chi connectivity index (χ1v) is 7.40. The summed E-state index contributed by atoms with van der Waals surface area (Å²) in [6.45, 7) is 2.08. The fourth-order valence-corrected chi connectivity index (χ4v) is 2.87. The zero-order valence-electron chi connectivity index (χ0n) is 11.2. The first-order chi connectivity index (χ1) is 9.49. The van der Waals surface area contributed by atoms with Crippen molar-refractivity contribution in [2.45, 2.75) is 19.4 Å². The molecule has 0 radical (unpaired) electrons. The number of rotatable bonds is 5. The molecule has 0 aliphatic rings. The zero-order valence-corrected chi connectivity index (χ0v) is 12.8. The Balaban J connectivity index is 2.18. The summed E-state index contributed by atoms with van der Waals surface area (Å²) < 4.78 is 0. The fraction of sp³-hybridized carbons (Fsp3) is 0.286. The third kappa shape index (κ3) is 3.29. The van der Waals surface area contributed by atoms with Crippen LogP contribution in [0.5, 0.6) is 0 Å². The highest BCUT2D eigenvalue weighted by molar-refractivity contribution is 7.09. The van der Waals surface area contributed by atoms with Gasteiger partial charge >= 0.3 is 5.97 Å². The molecule has 2 aromatic rings. The van der Waals surface area contributed by atoms with Gasteiger partial charge in [-0.2, -0.15) is 0 Å². The molecular weight excluding hydrogens is 296 g/mol. The maximum absolute atomic E-state index is 11.1. The SMILES string of the molecule is CC(Cc1cccs1)N(C)c1ccc(Cl)c(C(=O)O)n1. The summed E-state index contributed by atoms with van der Waals surface area (Å²) in [5, 5.41) is 11.3.